The van der Waals surface area contributed by atoms with Crippen molar-refractivity contribution in [3.8, 4) is 0 Å². The maximum absolute atomic E-state index is 12.5. The van der Waals surface area contributed by atoms with Crippen LogP contribution in [0.1, 0.15) is 53.9 Å². The highest BCUT2D eigenvalue weighted by Crippen LogP contribution is 2.22. The van der Waals surface area contributed by atoms with E-state index in [0.717, 1.165) is 12.8 Å². The van der Waals surface area contributed by atoms with Crippen LogP contribution in [0.5, 0.6) is 0 Å². The van der Waals surface area contributed by atoms with Gasteiger partial charge in [0.1, 0.15) is 0 Å². The highest BCUT2D eigenvalue weighted by Gasteiger charge is 2.26. The molecule has 0 rings (SSSR count). The summed E-state index contributed by atoms with van der Waals surface area (Å²) in [5.74, 6) is -0.0402. The van der Waals surface area contributed by atoms with Gasteiger partial charge in [-0.15, -0.1) is 0 Å². The molecule has 0 bridgehead atoms. The maximum atomic E-state index is 12.5. The van der Waals surface area contributed by atoms with Gasteiger partial charge in [-0.25, -0.2) is 0 Å². The molecule has 0 aromatic heterocycles. The summed E-state index contributed by atoms with van der Waals surface area (Å²) < 4.78 is 0. The Balaban J connectivity index is 4.72. The summed E-state index contributed by atoms with van der Waals surface area (Å²) >= 11 is 0. The fraction of sp³-hybridized carbons (Fsp3) is 0.867. The Morgan fingerprint density at radius 2 is 1.63 bits per heavy atom. The number of rotatable bonds is 9. The van der Waals surface area contributed by atoms with Crippen molar-refractivity contribution in [1.29, 1.82) is 0 Å². The second kappa shape index (κ2) is 8.94. The Hall–Kier alpha value is -1.06. The highest BCUT2D eigenvalue weighted by molar-refractivity contribution is 5.79. The summed E-state index contributed by atoms with van der Waals surface area (Å²) in [7, 11) is 0. The van der Waals surface area contributed by atoms with E-state index < -0.39 is 5.97 Å². The third kappa shape index (κ3) is 6.60. The van der Waals surface area contributed by atoms with E-state index in [2.05, 4.69) is 13.8 Å². The van der Waals surface area contributed by atoms with E-state index in [-0.39, 0.29) is 18.2 Å². The minimum atomic E-state index is -0.850. The zero-order valence-corrected chi connectivity index (χ0v) is 13.0. The molecule has 4 heteroatoms. The molecule has 0 radical (unpaired) electrons. The Bertz CT molecular complexity index is 285. The van der Waals surface area contributed by atoms with Gasteiger partial charge in [0.2, 0.25) is 5.91 Å². The summed E-state index contributed by atoms with van der Waals surface area (Å²) in [6, 6.07) is 0. The van der Waals surface area contributed by atoms with E-state index >= 15 is 0 Å². The lowest BCUT2D eigenvalue weighted by Gasteiger charge is -2.30. The molecular weight excluding hydrogens is 242 g/mol. The van der Waals surface area contributed by atoms with E-state index in [4.69, 9.17) is 5.11 Å². The smallest absolute Gasteiger partial charge is 0.305 e. The van der Waals surface area contributed by atoms with Crippen LogP contribution < -0.4 is 0 Å². The van der Waals surface area contributed by atoms with Crippen LogP contribution in [-0.4, -0.2) is 35.0 Å². The third-order valence-electron chi connectivity index (χ3n) is 3.64. The lowest BCUT2D eigenvalue weighted by molar-refractivity contribution is -0.140. The number of nitrogens with zero attached hydrogens (tertiary/aromatic N) is 1. The van der Waals surface area contributed by atoms with Crippen LogP contribution in [0.25, 0.3) is 0 Å². The first-order valence-corrected chi connectivity index (χ1v) is 7.33. The van der Waals surface area contributed by atoms with Crippen LogP contribution in [0.3, 0.4) is 0 Å². The van der Waals surface area contributed by atoms with Crippen molar-refractivity contribution in [3.05, 3.63) is 0 Å². The number of amides is 1. The number of carbonyl (C=O) groups excluding carboxylic acids is 1. The Labute approximate surface area is 117 Å². The molecule has 0 aliphatic rings. The predicted octanol–water partition coefficient (Wildman–Crippen LogP) is 3.02. The lowest BCUT2D eigenvalue weighted by atomic mass is 9.88. The van der Waals surface area contributed by atoms with Crippen molar-refractivity contribution >= 4 is 11.9 Å². The van der Waals surface area contributed by atoms with Crippen molar-refractivity contribution in [2.24, 2.45) is 17.8 Å². The van der Waals surface area contributed by atoms with Gasteiger partial charge in [0.15, 0.2) is 0 Å². The van der Waals surface area contributed by atoms with Gasteiger partial charge in [0, 0.05) is 19.0 Å². The number of hydrogen-bond acceptors (Lipinski definition) is 2. The molecule has 0 aliphatic carbocycles. The van der Waals surface area contributed by atoms with Crippen molar-refractivity contribution < 1.29 is 14.7 Å². The van der Waals surface area contributed by atoms with Gasteiger partial charge in [-0.1, -0.05) is 47.5 Å². The van der Waals surface area contributed by atoms with Crippen LogP contribution in [0.4, 0.5) is 0 Å². The third-order valence-corrected chi connectivity index (χ3v) is 3.64. The molecule has 0 spiro atoms. The molecular formula is C15H29NO3. The number of hydrogen-bond donors (Lipinski definition) is 1. The molecule has 0 aromatic carbocycles. The second-order valence-corrected chi connectivity index (χ2v) is 5.69. The molecule has 1 N–H and O–H groups in total. The minimum absolute atomic E-state index is 0.0219. The van der Waals surface area contributed by atoms with Crippen LogP contribution in [0.2, 0.25) is 0 Å². The summed E-state index contributed by atoms with van der Waals surface area (Å²) in [6.07, 6.45) is 1.99. The molecule has 1 atom stereocenters. The molecule has 0 saturated carbocycles. The largest absolute Gasteiger partial charge is 0.481 e. The average Bonchev–Trinajstić information content (AvgIpc) is 2.34. The quantitative estimate of drug-likeness (QED) is 0.701. The average molecular weight is 271 g/mol. The first-order chi connectivity index (χ1) is 8.83. The minimum Gasteiger partial charge on any atom is -0.481 e. The summed E-state index contributed by atoms with van der Waals surface area (Å²) in [6.45, 7) is 11.2. The monoisotopic (exact) mass is 271 g/mol. The SMILES string of the molecule is CCC(CC)C(C)C(=O)N(CCC(=O)O)CC(C)C. The topological polar surface area (TPSA) is 57.6 Å². The fourth-order valence-electron chi connectivity index (χ4n) is 2.45. The maximum Gasteiger partial charge on any atom is 0.305 e. The molecule has 0 aliphatic heterocycles. The van der Waals surface area contributed by atoms with E-state index in [1.54, 1.807) is 4.90 Å². The van der Waals surface area contributed by atoms with Gasteiger partial charge >= 0.3 is 5.97 Å². The predicted molar refractivity (Wildman–Crippen MR) is 76.9 cm³/mol. The van der Waals surface area contributed by atoms with Gasteiger partial charge in [-0.3, -0.25) is 9.59 Å². The molecule has 19 heavy (non-hydrogen) atoms. The number of carboxylic acid groups (broad SMARTS) is 1. The first-order valence-electron chi connectivity index (χ1n) is 7.33. The van der Waals surface area contributed by atoms with Gasteiger partial charge < -0.3 is 10.0 Å². The van der Waals surface area contributed by atoms with Gasteiger partial charge in [0.25, 0.3) is 0 Å². The van der Waals surface area contributed by atoms with Crippen molar-refractivity contribution in [3.63, 3.8) is 0 Å². The summed E-state index contributed by atoms with van der Waals surface area (Å²) in [5, 5.41) is 8.78. The fourth-order valence-corrected chi connectivity index (χ4v) is 2.45. The molecule has 0 saturated heterocycles. The zero-order chi connectivity index (χ0) is 15.0. The standard InChI is InChI=1S/C15H29NO3/c1-6-13(7-2)12(5)15(19)16(10-11(3)4)9-8-14(17)18/h11-13H,6-10H2,1-5H3,(H,17,18). The Kier molecular flexibility index (Phi) is 8.44. The zero-order valence-electron chi connectivity index (χ0n) is 13.0. The van der Waals surface area contributed by atoms with E-state index in [0.29, 0.717) is 24.9 Å². The van der Waals surface area contributed by atoms with E-state index in [1.165, 1.54) is 0 Å². The van der Waals surface area contributed by atoms with Crippen LogP contribution in [0.15, 0.2) is 0 Å². The van der Waals surface area contributed by atoms with E-state index in [9.17, 15) is 9.59 Å². The molecule has 0 fully saturated rings. The van der Waals surface area contributed by atoms with Crippen LogP contribution >= 0.6 is 0 Å². The van der Waals surface area contributed by atoms with Crippen molar-refractivity contribution in [2.75, 3.05) is 13.1 Å². The van der Waals surface area contributed by atoms with Crippen molar-refractivity contribution in [2.45, 2.75) is 53.9 Å². The highest BCUT2D eigenvalue weighted by atomic mass is 16.4. The van der Waals surface area contributed by atoms with Gasteiger partial charge in [-0.2, -0.15) is 0 Å². The molecule has 1 unspecified atom stereocenters. The number of carboxylic acids is 1. The van der Waals surface area contributed by atoms with E-state index in [1.807, 2.05) is 20.8 Å². The summed E-state index contributed by atoms with van der Waals surface area (Å²) in [4.78, 5) is 24.9. The van der Waals surface area contributed by atoms with Crippen LogP contribution in [0, 0.1) is 17.8 Å². The normalized spacial score (nSPS) is 12.8. The molecule has 0 aromatic rings. The van der Waals surface area contributed by atoms with Crippen LogP contribution in [-0.2, 0) is 9.59 Å². The molecule has 4 nitrogen and oxygen atoms in total. The first kappa shape index (κ1) is 17.9. The number of carbonyl (C=O) groups is 2. The Morgan fingerprint density at radius 3 is 2.00 bits per heavy atom. The molecule has 112 valence electrons. The second-order valence-electron chi connectivity index (χ2n) is 5.69. The van der Waals surface area contributed by atoms with Gasteiger partial charge in [0.05, 0.1) is 6.42 Å². The summed E-state index contributed by atoms with van der Waals surface area (Å²) in [5.41, 5.74) is 0. The van der Waals surface area contributed by atoms with Gasteiger partial charge in [-0.05, 0) is 11.8 Å². The lowest BCUT2D eigenvalue weighted by Crippen LogP contribution is -2.41. The molecule has 1 amide bonds. The number of aliphatic carboxylic acids is 1. The Morgan fingerprint density at radius 1 is 1.11 bits per heavy atom. The van der Waals surface area contributed by atoms with Crippen molar-refractivity contribution in [1.82, 2.24) is 4.90 Å². The molecule has 0 heterocycles.